The molecule has 2 rings (SSSR count). The highest BCUT2D eigenvalue weighted by Gasteiger charge is 2.01. The van der Waals surface area contributed by atoms with E-state index in [-0.39, 0.29) is 0 Å². The highest BCUT2D eigenvalue weighted by molar-refractivity contribution is 5.54. The molecule has 0 atom stereocenters. The predicted octanol–water partition coefficient (Wildman–Crippen LogP) is -0.134. The first-order chi connectivity index (χ1) is 5.92. The molecule has 0 fully saturated rings. The third-order valence-corrected chi connectivity index (χ3v) is 1.58. The zero-order valence-electron chi connectivity index (χ0n) is 6.21. The number of hydrogen-bond donors (Lipinski definition) is 0. The van der Waals surface area contributed by atoms with E-state index in [0.29, 0.717) is 12.2 Å². The summed E-state index contributed by atoms with van der Waals surface area (Å²) in [6.07, 6.45) is 6.10. The summed E-state index contributed by atoms with van der Waals surface area (Å²) in [5, 5.41) is 7.43. The summed E-state index contributed by atoms with van der Waals surface area (Å²) in [7, 11) is 0. The molecule has 5 nitrogen and oxygen atoms in total. The van der Waals surface area contributed by atoms with Crippen LogP contribution in [0.4, 0.5) is 0 Å². The monoisotopic (exact) mass is 162 g/mol. The van der Waals surface area contributed by atoms with E-state index < -0.39 is 0 Å². The van der Waals surface area contributed by atoms with Crippen LogP contribution in [0.3, 0.4) is 0 Å². The minimum absolute atomic E-state index is 0.354. The molecule has 2 aromatic rings. The van der Waals surface area contributed by atoms with Crippen LogP contribution in [0.15, 0.2) is 18.6 Å². The van der Waals surface area contributed by atoms with E-state index in [1.165, 1.54) is 0 Å². The molecule has 0 spiro atoms. The summed E-state index contributed by atoms with van der Waals surface area (Å²) in [6.45, 7) is 0. The molecule has 2 heterocycles. The highest BCUT2D eigenvalue weighted by atomic mass is 16.1. The van der Waals surface area contributed by atoms with E-state index in [0.717, 1.165) is 12.0 Å². The number of rotatable bonds is 2. The number of hydrogen-bond acceptors (Lipinski definition) is 4. The molecule has 0 unspecified atom stereocenters. The van der Waals surface area contributed by atoms with Crippen LogP contribution in [0.25, 0.3) is 5.78 Å². The van der Waals surface area contributed by atoms with Gasteiger partial charge in [0.1, 0.15) is 6.29 Å². The summed E-state index contributed by atoms with van der Waals surface area (Å²) in [6, 6.07) is 0. The van der Waals surface area contributed by atoms with Crippen molar-refractivity contribution in [2.75, 3.05) is 0 Å². The molecule has 0 aromatic carbocycles. The van der Waals surface area contributed by atoms with Gasteiger partial charge in [0.05, 0.1) is 18.1 Å². The van der Waals surface area contributed by atoms with E-state index in [4.69, 9.17) is 0 Å². The second-order valence-corrected chi connectivity index (χ2v) is 2.30. The van der Waals surface area contributed by atoms with Gasteiger partial charge in [-0.15, -0.1) is 5.10 Å². The number of carbonyl (C=O) groups excluding carboxylic acids is 1. The molecule has 0 N–H and O–H groups in total. The van der Waals surface area contributed by atoms with E-state index in [1.54, 1.807) is 23.0 Å². The lowest BCUT2D eigenvalue weighted by Crippen LogP contribution is -1.95. The third kappa shape index (κ3) is 0.952. The number of aromatic nitrogens is 4. The Balaban J connectivity index is 2.62. The van der Waals surface area contributed by atoms with E-state index >= 15 is 0 Å². The Morgan fingerprint density at radius 2 is 2.50 bits per heavy atom. The first-order valence-corrected chi connectivity index (χ1v) is 3.49. The third-order valence-electron chi connectivity index (χ3n) is 1.58. The largest absolute Gasteiger partial charge is 0.303 e. The number of fused-ring (bicyclic) bond motifs is 1. The second kappa shape index (κ2) is 2.69. The standard InChI is InChI=1S/C7H6N4O/c12-4-1-6-5-8-7-10-9-2-3-11(6)7/h2-5H,1H2. The number of carbonyl (C=O) groups is 1. The maximum Gasteiger partial charge on any atom is 0.253 e. The van der Waals surface area contributed by atoms with Gasteiger partial charge in [-0.2, -0.15) is 5.10 Å². The zero-order chi connectivity index (χ0) is 8.39. The fourth-order valence-corrected chi connectivity index (χ4v) is 1.04. The number of imidazole rings is 1. The summed E-state index contributed by atoms with van der Waals surface area (Å²) in [5.74, 6) is 0.523. The summed E-state index contributed by atoms with van der Waals surface area (Å²) >= 11 is 0. The molecule has 0 aliphatic rings. The van der Waals surface area contributed by atoms with Crippen LogP contribution in [0.5, 0.6) is 0 Å². The van der Waals surface area contributed by atoms with Gasteiger partial charge in [0.2, 0.25) is 0 Å². The topological polar surface area (TPSA) is 60.2 Å². The molecule has 0 bridgehead atoms. The fourth-order valence-electron chi connectivity index (χ4n) is 1.04. The van der Waals surface area contributed by atoms with Crippen LogP contribution in [-0.2, 0) is 11.2 Å². The van der Waals surface area contributed by atoms with Crippen molar-refractivity contribution in [3.63, 3.8) is 0 Å². The van der Waals surface area contributed by atoms with Crippen molar-refractivity contribution in [2.24, 2.45) is 0 Å². The molecule has 12 heavy (non-hydrogen) atoms. The van der Waals surface area contributed by atoms with Gasteiger partial charge in [-0.25, -0.2) is 4.98 Å². The summed E-state index contributed by atoms with van der Waals surface area (Å²) in [4.78, 5) is 14.2. The molecule has 60 valence electrons. The number of nitrogens with zero attached hydrogens (tertiary/aromatic N) is 4. The minimum Gasteiger partial charge on any atom is -0.303 e. The predicted molar refractivity (Wildman–Crippen MR) is 40.6 cm³/mol. The molecule has 5 heteroatoms. The Morgan fingerprint density at radius 3 is 3.33 bits per heavy atom. The van der Waals surface area contributed by atoms with Gasteiger partial charge in [0, 0.05) is 12.6 Å². The van der Waals surface area contributed by atoms with Crippen LogP contribution in [0.2, 0.25) is 0 Å². The van der Waals surface area contributed by atoms with Crippen molar-refractivity contribution < 1.29 is 4.79 Å². The van der Waals surface area contributed by atoms with Crippen molar-refractivity contribution in [3.8, 4) is 0 Å². The van der Waals surface area contributed by atoms with E-state index in [1.807, 2.05) is 0 Å². The SMILES string of the molecule is O=CCc1cnc2nnccn12. The molecule has 0 saturated heterocycles. The first kappa shape index (κ1) is 6.90. The van der Waals surface area contributed by atoms with Crippen LogP contribution in [0.1, 0.15) is 5.69 Å². The van der Waals surface area contributed by atoms with Crippen LogP contribution in [-0.4, -0.2) is 25.9 Å². The molecule has 0 saturated carbocycles. The Hall–Kier alpha value is -1.78. The van der Waals surface area contributed by atoms with E-state index in [9.17, 15) is 4.79 Å². The van der Waals surface area contributed by atoms with Crippen LogP contribution >= 0.6 is 0 Å². The van der Waals surface area contributed by atoms with Crippen molar-refractivity contribution in [1.29, 1.82) is 0 Å². The average Bonchev–Trinajstić information content (AvgIpc) is 2.50. The summed E-state index contributed by atoms with van der Waals surface area (Å²) < 4.78 is 1.74. The fraction of sp³-hybridized carbons (Fsp3) is 0.143. The lowest BCUT2D eigenvalue weighted by Gasteiger charge is -1.92. The van der Waals surface area contributed by atoms with Crippen molar-refractivity contribution in [2.45, 2.75) is 6.42 Å². The van der Waals surface area contributed by atoms with Gasteiger partial charge in [0.15, 0.2) is 0 Å². The molecule has 0 aliphatic heterocycles. The molecular weight excluding hydrogens is 156 g/mol. The Morgan fingerprint density at radius 1 is 1.58 bits per heavy atom. The normalized spacial score (nSPS) is 10.3. The van der Waals surface area contributed by atoms with E-state index in [2.05, 4.69) is 15.2 Å². The maximum absolute atomic E-state index is 10.2. The minimum atomic E-state index is 0.354. The van der Waals surface area contributed by atoms with Gasteiger partial charge < -0.3 is 4.79 Å². The van der Waals surface area contributed by atoms with Crippen LogP contribution < -0.4 is 0 Å². The number of aldehydes is 1. The van der Waals surface area contributed by atoms with Gasteiger partial charge in [0.25, 0.3) is 5.78 Å². The van der Waals surface area contributed by atoms with Crippen molar-refractivity contribution >= 4 is 12.1 Å². The Labute approximate surface area is 68.1 Å². The Kier molecular flexibility index (Phi) is 1.55. The molecule has 0 amide bonds. The highest BCUT2D eigenvalue weighted by Crippen LogP contribution is 2.01. The Bertz CT molecular complexity index is 408. The maximum atomic E-state index is 10.2. The molecule has 2 aromatic heterocycles. The zero-order valence-corrected chi connectivity index (χ0v) is 6.21. The van der Waals surface area contributed by atoms with Crippen LogP contribution in [0, 0.1) is 0 Å². The van der Waals surface area contributed by atoms with Gasteiger partial charge in [-0.3, -0.25) is 4.40 Å². The summed E-state index contributed by atoms with van der Waals surface area (Å²) in [5.41, 5.74) is 0.829. The molecule has 0 aliphatic carbocycles. The lowest BCUT2D eigenvalue weighted by atomic mass is 10.4. The van der Waals surface area contributed by atoms with Crippen molar-refractivity contribution in [3.05, 3.63) is 24.3 Å². The molecule has 0 radical (unpaired) electrons. The molecular formula is C7H6N4O. The second-order valence-electron chi connectivity index (χ2n) is 2.30. The van der Waals surface area contributed by atoms with Gasteiger partial charge in [-0.1, -0.05) is 0 Å². The van der Waals surface area contributed by atoms with Gasteiger partial charge >= 0.3 is 0 Å². The first-order valence-electron chi connectivity index (χ1n) is 3.49. The smallest absolute Gasteiger partial charge is 0.253 e. The lowest BCUT2D eigenvalue weighted by molar-refractivity contribution is -0.107. The average molecular weight is 162 g/mol. The quantitative estimate of drug-likeness (QED) is 0.577. The van der Waals surface area contributed by atoms with Crippen molar-refractivity contribution in [1.82, 2.24) is 19.6 Å². The van der Waals surface area contributed by atoms with Gasteiger partial charge in [-0.05, 0) is 0 Å².